The molecule has 0 saturated carbocycles. The number of benzene rings is 1. The van der Waals surface area contributed by atoms with Crippen LogP contribution in [0.3, 0.4) is 0 Å². The lowest BCUT2D eigenvalue weighted by Gasteiger charge is -2.20. The highest BCUT2D eigenvalue weighted by Crippen LogP contribution is 2.13. The van der Waals surface area contributed by atoms with Crippen LogP contribution in [0.2, 0.25) is 0 Å². The van der Waals surface area contributed by atoms with Crippen LogP contribution in [0, 0.1) is 0 Å². The summed E-state index contributed by atoms with van der Waals surface area (Å²) >= 11 is 0. The fourth-order valence-electron chi connectivity index (χ4n) is 1.78. The van der Waals surface area contributed by atoms with Gasteiger partial charge < -0.3 is 14.8 Å². The van der Waals surface area contributed by atoms with E-state index in [0.29, 0.717) is 5.69 Å². The summed E-state index contributed by atoms with van der Waals surface area (Å²) in [6, 6.07) is 6.10. The smallest absolute Gasteiger partial charge is 0.412 e. The number of rotatable bonds is 4. The normalized spacial score (nSPS) is 11.4. The molecule has 7 nitrogen and oxygen atoms in total. The maximum absolute atomic E-state index is 11.9. The van der Waals surface area contributed by atoms with Gasteiger partial charge >= 0.3 is 12.1 Å². The van der Waals surface area contributed by atoms with E-state index in [2.05, 4.69) is 10.6 Å². The molecule has 0 spiro atoms. The van der Waals surface area contributed by atoms with E-state index in [1.807, 2.05) is 20.8 Å². The Bertz CT molecular complexity index is 624. The van der Waals surface area contributed by atoms with Crippen LogP contribution in [0.1, 0.15) is 51.9 Å². The third-order valence-electron chi connectivity index (χ3n) is 2.61. The van der Waals surface area contributed by atoms with Crippen LogP contribution in [0.15, 0.2) is 24.3 Å². The summed E-state index contributed by atoms with van der Waals surface area (Å²) in [6.07, 6.45) is -0.582. The lowest BCUT2D eigenvalue weighted by atomic mass is 10.1. The van der Waals surface area contributed by atoms with Gasteiger partial charge in [0.15, 0.2) is 6.61 Å². The highest BCUT2D eigenvalue weighted by molar-refractivity contribution is 5.92. The van der Waals surface area contributed by atoms with E-state index < -0.39 is 23.2 Å². The Morgan fingerprint density at radius 1 is 0.960 bits per heavy atom. The molecule has 1 aromatic carbocycles. The minimum Gasteiger partial charge on any atom is -0.452 e. The maximum atomic E-state index is 11.9. The van der Waals surface area contributed by atoms with Gasteiger partial charge in [0.1, 0.15) is 5.60 Å². The summed E-state index contributed by atoms with van der Waals surface area (Å²) in [5, 5.41) is 5.26. The summed E-state index contributed by atoms with van der Waals surface area (Å²) in [4.78, 5) is 35.2. The van der Waals surface area contributed by atoms with Gasteiger partial charge in [-0.2, -0.15) is 0 Å². The number of nitrogens with one attached hydrogen (secondary N) is 2. The molecule has 0 aromatic heterocycles. The zero-order chi connectivity index (χ0) is 19.3. The number of ether oxygens (including phenoxy) is 2. The molecule has 1 aromatic rings. The van der Waals surface area contributed by atoms with Gasteiger partial charge in [-0.1, -0.05) is 0 Å². The van der Waals surface area contributed by atoms with Crippen LogP contribution < -0.4 is 10.6 Å². The van der Waals surface area contributed by atoms with Crippen molar-refractivity contribution >= 4 is 23.7 Å². The van der Waals surface area contributed by atoms with Crippen LogP contribution in [-0.2, 0) is 14.3 Å². The van der Waals surface area contributed by atoms with Gasteiger partial charge in [0, 0.05) is 11.2 Å². The monoisotopic (exact) mass is 350 g/mol. The van der Waals surface area contributed by atoms with Crippen molar-refractivity contribution in [3.8, 4) is 0 Å². The molecule has 7 heteroatoms. The number of esters is 1. The standard InChI is InChI=1S/C18H26N2O5/c1-17(2,3)20-14(21)11-24-15(22)12-7-9-13(10-8-12)19-16(23)25-18(4,5)6/h7-10H,11H2,1-6H3,(H,19,23)(H,20,21). The molecule has 0 aliphatic carbocycles. The molecule has 25 heavy (non-hydrogen) atoms. The van der Waals surface area contributed by atoms with Gasteiger partial charge in [0.25, 0.3) is 5.91 Å². The maximum Gasteiger partial charge on any atom is 0.412 e. The van der Waals surface area contributed by atoms with E-state index in [0.717, 1.165) is 0 Å². The van der Waals surface area contributed by atoms with Crippen molar-refractivity contribution in [2.24, 2.45) is 0 Å². The fraction of sp³-hybridized carbons (Fsp3) is 0.500. The average molecular weight is 350 g/mol. The van der Waals surface area contributed by atoms with E-state index in [1.54, 1.807) is 32.9 Å². The summed E-state index contributed by atoms with van der Waals surface area (Å²) in [7, 11) is 0. The molecule has 138 valence electrons. The van der Waals surface area contributed by atoms with Crippen molar-refractivity contribution in [2.75, 3.05) is 11.9 Å². The second kappa shape index (κ2) is 8.00. The molecule has 0 unspecified atom stereocenters. The summed E-state index contributed by atoms with van der Waals surface area (Å²) in [5.41, 5.74) is -0.227. The Morgan fingerprint density at radius 3 is 2.00 bits per heavy atom. The first-order valence-electron chi connectivity index (χ1n) is 7.94. The summed E-state index contributed by atoms with van der Waals surface area (Å²) in [6.45, 7) is 10.5. The number of amides is 2. The zero-order valence-corrected chi connectivity index (χ0v) is 15.6. The van der Waals surface area contributed by atoms with E-state index in [-0.39, 0.29) is 18.1 Å². The molecule has 0 heterocycles. The number of hydrogen-bond acceptors (Lipinski definition) is 5. The fourth-order valence-corrected chi connectivity index (χ4v) is 1.78. The first-order chi connectivity index (χ1) is 11.4. The van der Waals surface area contributed by atoms with Crippen molar-refractivity contribution in [3.05, 3.63) is 29.8 Å². The molecular formula is C18H26N2O5. The number of hydrogen-bond donors (Lipinski definition) is 2. The predicted octanol–water partition coefficient (Wildman–Crippen LogP) is 3.11. The second-order valence-electron chi connectivity index (χ2n) is 7.58. The van der Waals surface area contributed by atoms with Gasteiger partial charge in [-0.25, -0.2) is 9.59 Å². The Balaban J connectivity index is 2.54. The molecular weight excluding hydrogens is 324 g/mol. The van der Waals surface area contributed by atoms with Crippen molar-refractivity contribution < 1.29 is 23.9 Å². The van der Waals surface area contributed by atoms with Gasteiger partial charge in [-0.15, -0.1) is 0 Å². The third kappa shape index (κ3) is 8.74. The highest BCUT2D eigenvalue weighted by atomic mass is 16.6. The molecule has 0 radical (unpaired) electrons. The molecule has 2 N–H and O–H groups in total. The Morgan fingerprint density at radius 2 is 1.52 bits per heavy atom. The van der Waals surface area contributed by atoms with Gasteiger partial charge in [0.05, 0.1) is 5.56 Å². The lowest BCUT2D eigenvalue weighted by Crippen LogP contribution is -2.42. The molecule has 2 amide bonds. The van der Waals surface area contributed by atoms with Crippen molar-refractivity contribution in [1.82, 2.24) is 5.32 Å². The molecule has 0 fully saturated rings. The molecule has 0 aliphatic heterocycles. The Hall–Kier alpha value is -2.57. The first kappa shape index (κ1) is 20.5. The zero-order valence-electron chi connectivity index (χ0n) is 15.6. The first-order valence-corrected chi connectivity index (χ1v) is 7.94. The van der Waals surface area contributed by atoms with Crippen LogP contribution in [0.4, 0.5) is 10.5 Å². The largest absolute Gasteiger partial charge is 0.452 e. The van der Waals surface area contributed by atoms with Crippen molar-refractivity contribution in [2.45, 2.75) is 52.7 Å². The molecule has 1 rings (SSSR count). The number of anilines is 1. The minimum absolute atomic E-state index is 0.276. The van der Waals surface area contributed by atoms with E-state index >= 15 is 0 Å². The van der Waals surface area contributed by atoms with E-state index in [1.165, 1.54) is 12.1 Å². The highest BCUT2D eigenvalue weighted by Gasteiger charge is 2.17. The van der Waals surface area contributed by atoms with E-state index in [4.69, 9.17) is 9.47 Å². The minimum atomic E-state index is -0.618. The SMILES string of the molecule is CC(C)(C)NC(=O)COC(=O)c1ccc(NC(=O)OC(C)(C)C)cc1. The number of carbonyl (C=O) groups is 3. The van der Waals surface area contributed by atoms with Gasteiger partial charge in [0.2, 0.25) is 0 Å². The van der Waals surface area contributed by atoms with Crippen LogP contribution in [0.5, 0.6) is 0 Å². The Kier molecular flexibility index (Phi) is 6.55. The second-order valence-corrected chi connectivity index (χ2v) is 7.58. The Labute approximate surface area is 148 Å². The molecule has 0 aliphatic rings. The topological polar surface area (TPSA) is 93.7 Å². The van der Waals surface area contributed by atoms with Crippen molar-refractivity contribution in [1.29, 1.82) is 0 Å². The summed E-state index contributed by atoms with van der Waals surface area (Å²) < 4.78 is 10.1. The summed E-state index contributed by atoms with van der Waals surface area (Å²) in [5.74, 6) is -0.989. The number of carbonyl (C=O) groups excluding carboxylic acids is 3. The molecule has 0 atom stereocenters. The van der Waals surface area contributed by atoms with Gasteiger partial charge in [-0.3, -0.25) is 10.1 Å². The third-order valence-corrected chi connectivity index (χ3v) is 2.61. The van der Waals surface area contributed by atoms with Gasteiger partial charge in [-0.05, 0) is 65.8 Å². The van der Waals surface area contributed by atoms with Crippen LogP contribution in [0.25, 0.3) is 0 Å². The molecule has 0 saturated heterocycles. The van der Waals surface area contributed by atoms with Crippen molar-refractivity contribution in [3.63, 3.8) is 0 Å². The van der Waals surface area contributed by atoms with E-state index in [9.17, 15) is 14.4 Å². The molecule has 0 bridgehead atoms. The average Bonchev–Trinajstić information content (AvgIpc) is 2.41. The lowest BCUT2D eigenvalue weighted by molar-refractivity contribution is -0.125. The van der Waals surface area contributed by atoms with Crippen LogP contribution >= 0.6 is 0 Å². The quantitative estimate of drug-likeness (QED) is 0.814. The predicted molar refractivity (Wildman–Crippen MR) is 94.5 cm³/mol. The van der Waals surface area contributed by atoms with Crippen LogP contribution in [-0.4, -0.2) is 35.7 Å².